The molecule has 0 fully saturated rings. The number of ether oxygens (including phenoxy) is 1. The monoisotopic (exact) mass is 183 g/mol. The molecule has 0 saturated carbocycles. The smallest absolute Gasteiger partial charge is 0.426 e. The first-order chi connectivity index (χ1) is 4.84. The largest absolute Gasteiger partial charge is 0.452 e. The third-order valence-corrected chi connectivity index (χ3v) is 1.01. The van der Waals surface area contributed by atoms with Crippen LogP contribution in [0.1, 0.15) is 0 Å². The summed E-state index contributed by atoms with van der Waals surface area (Å²) in [6.07, 6.45) is 2.68. The summed E-state index contributed by atoms with van der Waals surface area (Å²) in [5, 5.41) is 1.19. The van der Waals surface area contributed by atoms with Crippen LogP contribution in [0.3, 0.4) is 0 Å². The molecule has 0 aromatic carbocycles. The van der Waals surface area contributed by atoms with Gasteiger partial charge >= 0.3 is 6.09 Å². The van der Waals surface area contributed by atoms with E-state index < -0.39 is 6.09 Å². The fourth-order valence-electron chi connectivity index (χ4n) is 0.550. The van der Waals surface area contributed by atoms with Crippen molar-refractivity contribution in [3.05, 3.63) is 12.3 Å². The summed E-state index contributed by atoms with van der Waals surface area (Å²) >= 11 is 0. The number of nitrogens with zero attached hydrogens (tertiary/aromatic N) is 1. The van der Waals surface area contributed by atoms with Crippen molar-refractivity contribution in [1.82, 2.24) is 10.6 Å². The second kappa shape index (κ2) is 5.98. The van der Waals surface area contributed by atoms with Gasteiger partial charge in [0.1, 0.15) is 6.26 Å². The van der Waals surface area contributed by atoms with Crippen LogP contribution in [0.5, 0.6) is 0 Å². The van der Waals surface area contributed by atoms with E-state index in [0.29, 0.717) is 6.54 Å². The zero-order valence-corrected chi connectivity index (χ0v) is 9.66. The van der Waals surface area contributed by atoms with Gasteiger partial charge in [0.15, 0.2) is 0 Å². The van der Waals surface area contributed by atoms with Gasteiger partial charge < -0.3 is 9.57 Å². The molecule has 1 rings (SSSR count). The van der Waals surface area contributed by atoms with Crippen molar-refractivity contribution in [1.29, 1.82) is 0 Å². The van der Waals surface area contributed by atoms with Crippen molar-refractivity contribution in [3.8, 4) is 0 Å². The van der Waals surface area contributed by atoms with Crippen molar-refractivity contribution in [3.63, 3.8) is 0 Å². The molecule has 0 unspecified atom stereocenters. The number of hydrogen-bond donors (Lipinski definition) is 1. The first-order valence-corrected chi connectivity index (χ1v) is 2.76. The van der Waals surface area contributed by atoms with Crippen LogP contribution in [0, 0.1) is 0 Å². The van der Waals surface area contributed by atoms with Gasteiger partial charge in [-0.2, -0.15) is 0 Å². The summed E-state index contributed by atoms with van der Waals surface area (Å²) in [7, 11) is 1.31. The third-order valence-electron chi connectivity index (χ3n) is 1.01. The fourth-order valence-corrected chi connectivity index (χ4v) is 0.550. The van der Waals surface area contributed by atoms with Crippen molar-refractivity contribution in [2.24, 2.45) is 0 Å². The minimum absolute atomic E-state index is 0. The number of carbonyl (C=O) groups excluding carboxylic acids is 1. The van der Waals surface area contributed by atoms with Gasteiger partial charge in [0, 0.05) is 51.4 Å². The maximum Gasteiger partial charge on any atom is 0.426 e. The quantitative estimate of drug-likeness (QED) is 0.521. The summed E-state index contributed by atoms with van der Waals surface area (Å²) in [5.41, 5.74) is 2.34. The van der Waals surface area contributed by atoms with Crippen molar-refractivity contribution >= 4 is 57.5 Å². The number of carbonyl (C=O) groups is 1. The summed E-state index contributed by atoms with van der Waals surface area (Å²) in [6.45, 7) is 0.451. The van der Waals surface area contributed by atoms with Gasteiger partial charge in [-0.25, -0.2) is 9.80 Å². The molecular formula is C5H8KN2O3. The molecule has 0 aliphatic carbocycles. The summed E-state index contributed by atoms with van der Waals surface area (Å²) in [5.74, 6) is 0. The van der Waals surface area contributed by atoms with Crippen molar-refractivity contribution in [2.45, 2.75) is 0 Å². The molecule has 1 radical (unpaired) electrons. The van der Waals surface area contributed by atoms with Crippen LogP contribution in [0.4, 0.5) is 4.79 Å². The van der Waals surface area contributed by atoms with Crippen LogP contribution in [0.25, 0.3) is 0 Å². The summed E-state index contributed by atoms with van der Waals surface area (Å²) in [4.78, 5) is 15.3. The van der Waals surface area contributed by atoms with Gasteiger partial charge in [0.05, 0.1) is 13.7 Å². The Balaban J connectivity index is 0.000001000. The van der Waals surface area contributed by atoms with Crippen LogP contribution in [-0.2, 0) is 9.57 Å². The third kappa shape index (κ3) is 3.54. The Labute approximate surface area is 107 Å². The zero-order valence-electron chi connectivity index (χ0n) is 6.53. The number of hydrogen-bond acceptors (Lipinski definition) is 4. The van der Waals surface area contributed by atoms with E-state index in [9.17, 15) is 4.79 Å². The van der Waals surface area contributed by atoms with E-state index in [-0.39, 0.29) is 51.4 Å². The number of nitrogens with one attached hydrogen (secondary N) is 1. The van der Waals surface area contributed by atoms with Crippen LogP contribution in [-0.4, -0.2) is 76.1 Å². The van der Waals surface area contributed by atoms with E-state index in [0.717, 1.165) is 0 Å². The zero-order chi connectivity index (χ0) is 7.40. The fraction of sp³-hybridized carbons (Fsp3) is 0.400. The average Bonchev–Trinajstić information content (AvgIpc) is 2.05. The van der Waals surface area contributed by atoms with E-state index >= 15 is 0 Å². The molecule has 0 spiro atoms. The molecule has 57 valence electrons. The van der Waals surface area contributed by atoms with Gasteiger partial charge in [-0.15, -0.1) is 0 Å². The SMILES string of the molecule is COC(=O)N1CC=CON1.[K]. The van der Waals surface area contributed by atoms with Crippen LogP contribution in [0.15, 0.2) is 12.3 Å². The summed E-state index contributed by atoms with van der Waals surface area (Å²) < 4.78 is 4.40. The molecule has 1 heterocycles. The Morgan fingerprint density at radius 3 is 3.00 bits per heavy atom. The van der Waals surface area contributed by atoms with Crippen molar-refractivity contribution < 1.29 is 14.4 Å². The van der Waals surface area contributed by atoms with Gasteiger partial charge in [0.25, 0.3) is 0 Å². The first-order valence-electron chi connectivity index (χ1n) is 2.76. The summed E-state index contributed by atoms with van der Waals surface area (Å²) in [6, 6.07) is 0. The molecule has 1 aliphatic heterocycles. The van der Waals surface area contributed by atoms with E-state index in [1.54, 1.807) is 6.08 Å². The average molecular weight is 183 g/mol. The maximum atomic E-state index is 10.7. The Bertz CT molecular complexity index is 162. The Hall–Kier alpha value is 0.406. The molecule has 0 saturated heterocycles. The van der Waals surface area contributed by atoms with Crippen molar-refractivity contribution in [2.75, 3.05) is 13.7 Å². The molecule has 0 aromatic rings. The maximum absolute atomic E-state index is 10.7. The Kier molecular flexibility index (Phi) is 6.20. The number of methoxy groups -OCH3 is 1. The Morgan fingerprint density at radius 2 is 2.55 bits per heavy atom. The molecule has 0 aromatic heterocycles. The normalized spacial score (nSPS) is 14.8. The Morgan fingerprint density at radius 1 is 1.82 bits per heavy atom. The predicted octanol–water partition coefficient (Wildman–Crippen LogP) is -0.362. The standard InChI is InChI=1S/C5H8N2O3.K/c1-9-5(8)7-3-2-4-10-6-7;/h2,4,6H,3H2,1H3;. The number of amides is 1. The minimum atomic E-state index is -0.468. The number of rotatable bonds is 0. The minimum Gasteiger partial charge on any atom is -0.452 e. The molecule has 11 heavy (non-hydrogen) atoms. The van der Waals surface area contributed by atoms with E-state index in [2.05, 4.69) is 15.2 Å². The molecule has 1 N–H and O–H groups in total. The first kappa shape index (κ1) is 11.4. The molecule has 0 bridgehead atoms. The van der Waals surface area contributed by atoms with E-state index in [4.69, 9.17) is 0 Å². The molecule has 0 atom stereocenters. The number of hydrazine groups is 1. The van der Waals surface area contributed by atoms with Gasteiger partial charge in [0.2, 0.25) is 0 Å². The second-order valence-corrected chi connectivity index (χ2v) is 1.66. The van der Waals surface area contributed by atoms with E-state index in [1.165, 1.54) is 18.4 Å². The molecule has 6 heteroatoms. The van der Waals surface area contributed by atoms with Gasteiger partial charge in [-0.1, -0.05) is 5.59 Å². The molecule has 1 amide bonds. The van der Waals surface area contributed by atoms with E-state index in [1.807, 2.05) is 0 Å². The second-order valence-electron chi connectivity index (χ2n) is 1.66. The topological polar surface area (TPSA) is 50.8 Å². The van der Waals surface area contributed by atoms with Gasteiger partial charge in [-0.05, 0) is 6.08 Å². The van der Waals surface area contributed by atoms with Crippen LogP contribution < -0.4 is 5.59 Å². The molecule has 5 nitrogen and oxygen atoms in total. The van der Waals surface area contributed by atoms with Gasteiger partial charge in [-0.3, -0.25) is 0 Å². The molecular weight excluding hydrogens is 175 g/mol. The predicted molar refractivity (Wildman–Crippen MR) is 38.2 cm³/mol. The molecule has 1 aliphatic rings. The van der Waals surface area contributed by atoms with Crippen LogP contribution >= 0.6 is 0 Å². The van der Waals surface area contributed by atoms with Crippen LogP contribution in [0.2, 0.25) is 0 Å².